The van der Waals surface area contributed by atoms with Crippen molar-refractivity contribution in [1.82, 2.24) is 10.0 Å². The molecule has 0 aliphatic heterocycles. The summed E-state index contributed by atoms with van der Waals surface area (Å²) in [4.78, 5) is 16.8. The number of hydrogen-bond donors (Lipinski definition) is 1. The minimum Gasteiger partial charge on any atom is -0.308 e. The van der Waals surface area contributed by atoms with Gasteiger partial charge in [0.15, 0.2) is 0 Å². The standard InChI is InChI=1S/C14H12FN3O2/c1-2-20-17-14(19)13-10(9-16)7-8-18(13)12-6-4-3-5-11(12)15/h3-8H,2H2,1H3,(H,17,19). The highest BCUT2D eigenvalue weighted by Gasteiger charge is 2.19. The van der Waals surface area contributed by atoms with Crippen LogP contribution in [0, 0.1) is 17.1 Å². The number of rotatable bonds is 4. The number of amides is 1. The van der Waals surface area contributed by atoms with Crippen LogP contribution in [-0.4, -0.2) is 17.1 Å². The number of hydroxylamine groups is 1. The average Bonchev–Trinajstić information content (AvgIpc) is 2.89. The Labute approximate surface area is 115 Å². The van der Waals surface area contributed by atoms with E-state index in [1.165, 1.54) is 29.0 Å². The molecule has 20 heavy (non-hydrogen) atoms. The molecule has 0 fully saturated rings. The Morgan fingerprint density at radius 3 is 2.85 bits per heavy atom. The van der Waals surface area contributed by atoms with Crippen LogP contribution in [0.4, 0.5) is 4.39 Å². The molecule has 0 saturated heterocycles. The summed E-state index contributed by atoms with van der Waals surface area (Å²) < 4.78 is 15.1. The highest BCUT2D eigenvalue weighted by Crippen LogP contribution is 2.19. The van der Waals surface area contributed by atoms with E-state index in [1.54, 1.807) is 19.1 Å². The van der Waals surface area contributed by atoms with E-state index in [0.717, 1.165) is 0 Å². The number of para-hydroxylation sites is 1. The number of nitrogens with zero attached hydrogens (tertiary/aromatic N) is 2. The first kappa shape index (κ1) is 13.8. The Hall–Kier alpha value is -2.65. The maximum atomic E-state index is 13.8. The topological polar surface area (TPSA) is 67.0 Å². The third kappa shape index (κ3) is 2.53. The fourth-order valence-electron chi connectivity index (χ4n) is 1.79. The summed E-state index contributed by atoms with van der Waals surface area (Å²) in [5.74, 6) is -1.09. The second-order valence-corrected chi connectivity index (χ2v) is 3.88. The Morgan fingerprint density at radius 1 is 1.45 bits per heavy atom. The van der Waals surface area contributed by atoms with Gasteiger partial charge in [0.05, 0.1) is 17.9 Å². The zero-order valence-corrected chi connectivity index (χ0v) is 10.8. The van der Waals surface area contributed by atoms with E-state index in [2.05, 4.69) is 5.48 Å². The summed E-state index contributed by atoms with van der Waals surface area (Å²) in [5.41, 5.74) is 2.57. The fourth-order valence-corrected chi connectivity index (χ4v) is 1.79. The molecule has 0 bridgehead atoms. The van der Waals surface area contributed by atoms with Crippen molar-refractivity contribution in [2.24, 2.45) is 0 Å². The Balaban J connectivity index is 2.51. The molecule has 0 atom stereocenters. The zero-order chi connectivity index (χ0) is 14.5. The Kier molecular flexibility index (Phi) is 4.13. The van der Waals surface area contributed by atoms with E-state index in [0.29, 0.717) is 0 Å². The number of aromatic nitrogens is 1. The van der Waals surface area contributed by atoms with Crippen LogP contribution in [-0.2, 0) is 4.84 Å². The average molecular weight is 273 g/mol. The van der Waals surface area contributed by atoms with Crippen LogP contribution >= 0.6 is 0 Å². The van der Waals surface area contributed by atoms with Crippen LogP contribution in [0.2, 0.25) is 0 Å². The lowest BCUT2D eigenvalue weighted by Crippen LogP contribution is -2.26. The number of halogens is 1. The van der Waals surface area contributed by atoms with Crippen molar-refractivity contribution in [3.8, 4) is 11.8 Å². The van der Waals surface area contributed by atoms with E-state index in [1.807, 2.05) is 6.07 Å². The van der Waals surface area contributed by atoms with E-state index in [4.69, 9.17) is 10.1 Å². The molecule has 1 aromatic carbocycles. The number of nitriles is 1. The molecular weight excluding hydrogens is 261 g/mol. The van der Waals surface area contributed by atoms with Crippen LogP contribution in [0.1, 0.15) is 23.0 Å². The third-order valence-corrected chi connectivity index (χ3v) is 2.64. The smallest absolute Gasteiger partial charge is 0.293 e. The van der Waals surface area contributed by atoms with Gasteiger partial charge in [0.25, 0.3) is 5.91 Å². The van der Waals surface area contributed by atoms with Gasteiger partial charge in [-0.1, -0.05) is 12.1 Å². The van der Waals surface area contributed by atoms with Gasteiger partial charge in [0.1, 0.15) is 17.6 Å². The van der Waals surface area contributed by atoms with Crippen molar-refractivity contribution in [2.75, 3.05) is 6.61 Å². The zero-order valence-electron chi connectivity index (χ0n) is 10.8. The van der Waals surface area contributed by atoms with Gasteiger partial charge in [0, 0.05) is 6.20 Å². The summed E-state index contributed by atoms with van der Waals surface area (Å²) in [5, 5.41) is 9.04. The monoisotopic (exact) mass is 273 g/mol. The number of carbonyl (C=O) groups excluding carboxylic acids is 1. The molecule has 102 valence electrons. The van der Waals surface area contributed by atoms with E-state index in [9.17, 15) is 9.18 Å². The third-order valence-electron chi connectivity index (χ3n) is 2.64. The maximum Gasteiger partial charge on any atom is 0.293 e. The molecule has 0 aliphatic rings. The molecule has 2 aromatic rings. The van der Waals surface area contributed by atoms with E-state index < -0.39 is 11.7 Å². The summed E-state index contributed by atoms with van der Waals surface area (Å²) in [6.07, 6.45) is 1.47. The van der Waals surface area contributed by atoms with Crippen molar-refractivity contribution in [3.05, 3.63) is 53.6 Å². The van der Waals surface area contributed by atoms with Gasteiger partial charge in [-0.2, -0.15) is 5.26 Å². The van der Waals surface area contributed by atoms with Crippen LogP contribution in [0.3, 0.4) is 0 Å². The first-order chi connectivity index (χ1) is 9.69. The first-order valence-electron chi connectivity index (χ1n) is 5.97. The van der Waals surface area contributed by atoms with Gasteiger partial charge >= 0.3 is 0 Å². The number of benzene rings is 1. The molecule has 1 amide bonds. The lowest BCUT2D eigenvalue weighted by atomic mass is 10.2. The molecule has 0 unspecified atom stereocenters. The van der Waals surface area contributed by atoms with E-state index in [-0.39, 0.29) is 23.6 Å². The summed E-state index contributed by atoms with van der Waals surface area (Å²) in [6.45, 7) is 2.00. The molecule has 0 spiro atoms. The molecule has 1 heterocycles. The summed E-state index contributed by atoms with van der Waals surface area (Å²) >= 11 is 0. The lowest BCUT2D eigenvalue weighted by Gasteiger charge is -2.10. The second-order valence-electron chi connectivity index (χ2n) is 3.88. The van der Waals surface area contributed by atoms with Crippen molar-refractivity contribution < 1.29 is 14.0 Å². The van der Waals surface area contributed by atoms with Crippen LogP contribution in [0.5, 0.6) is 0 Å². The van der Waals surface area contributed by atoms with Gasteiger partial charge in [-0.05, 0) is 25.1 Å². The molecule has 5 nitrogen and oxygen atoms in total. The highest BCUT2D eigenvalue weighted by atomic mass is 19.1. The van der Waals surface area contributed by atoms with Gasteiger partial charge in [-0.3, -0.25) is 9.63 Å². The molecule has 2 rings (SSSR count). The quantitative estimate of drug-likeness (QED) is 0.868. The maximum absolute atomic E-state index is 13.8. The number of carbonyl (C=O) groups is 1. The molecular formula is C14H12FN3O2. The van der Waals surface area contributed by atoms with Crippen LogP contribution in [0.25, 0.3) is 5.69 Å². The molecule has 6 heteroatoms. The molecule has 0 radical (unpaired) electrons. The predicted molar refractivity (Wildman–Crippen MR) is 69.5 cm³/mol. The highest BCUT2D eigenvalue weighted by molar-refractivity contribution is 5.95. The van der Waals surface area contributed by atoms with Crippen LogP contribution < -0.4 is 5.48 Å². The largest absolute Gasteiger partial charge is 0.308 e. The normalized spacial score (nSPS) is 10.1. The van der Waals surface area contributed by atoms with Gasteiger partial charge in [-0.15, -0.1) is 0 Å². The Morgan fingerprint density at radius 2 is 2.20 bits per heavy atom. The summed E-state index contributed by atoms with van der Waals surface area (Å²) in [6, 6.07) is 9.36. The van der Waals surface area contributed by atoms with Crippen molar-refractivity contribution >= 4 is 5.91 Å². The molecule has 1 N–H and O–H groups in total. The predicted octanol–water partition coefficient (Wildman–Crippen LogP) is 2.17. The second kappa shape index (κ2) is 5.99. The van der Waals surface area contributed by atoms with Gasteiger partial charge < -0.3 is 4.57 Å². The van der Waals surface area contributed by atoms with Gasteiger partial charge in [0.2, 0.25) is 0 Å². The summed E-state index contributed by atoms with van der Waals surface area (Å²) in [7, 11) is 0. The first-order valence-corrected chi connectivity index (χ1v) is 5.97. The lowest BCUT2D eigenvalue weighted by molar-refractivity contribution is 0.0358. The van der Waals surface area contributed by atoms with E-state index >= 15 is 0 Å². The number of hydrogen-bond acceptors (Lipinski definition) is 3. The molecule has 0 saturated carbocycles. The number of nitrogens with one attached hydrogen (secondary N) is 1. The van der Waals surface area contributed by atoms with Crippen LogP contribution in [0.15, 0.2) is 36.5 Å². The SMILES string of the molecule is CCONC(=O)c1c(C#N)ccn1-c1ccccc1F. The minimum atomic E-state index is -0.600. The molecule has 1 aromatic heterocycles. The molecule has 0 aliphatic carbocycles. The van der Waals surface area contributed by atoms with Gasteiger partial charge in [-0.25, -0.2) is 9.87 Å². The fraction of sp³-hybridized carbons (Fsp3) is 0.143. The minimum absolute atomic E-state index is 0.0334. The van der Waals surface area contributed by atoms with Crippen molar-refractivity contribution in [2.45, 2.75) is 6.92 Å². The van der Waals surface area contributed by atoms with Crippen molar-refractivity contribution in [3.63, 3.8) is 0 Å². The Bertz CT molecular complexity index is 673. The van der Waals surface area contributed by atoms with Crippen molar-refractivity contribution in [1.29, 1.82) is 5.26 Å².